The largest absolute Gasteiger partial charge is 0.326 e. The molecular formula is C49H38N8O2. The van der Waals surface area contributed by atoms with E-state index < -0.39 is 0 Å². The summed E-state index contributed by atoms with van der Waals surface area (Å²) in [5, 5.41) is 6.08. The minimum atomic E-state index is -0.377. The second-order valence-electron chi connectivity index (χ2n) is 14.1. The van der Waals surface area contributed by atoms with Crippen molar-refractivity contribution in [1.29, 1.82) is 0 Å². The first kappa shape index (κ1) is 36.6. The quantitative estimate of drug-likeness (QED) is 0.144. The Bertz CT molecular complexity index is 2550. The number of carbonyl (C=O) groups is 2. The Morgan fingerprint density at radius 1 is 0.492 bits per heavy atom. The van der Waals surface area contributed by atoms with Gasteiger partial charge in [0.2, 0.25) is 11.8 Å². The van der Waals surface area contributed by atoms with E-state index in [2.05, 4.69) is 20.4 Å². The highest BCUT2D eigenvalue weighted by atomic mass is 16.2. The van der Waals surface area contributed by atoms with Crippen molar-refractivity contribution in [2.24, 2.45) is 25.9 Å². The molecule has 0 aromatic heterocycles. The Morgan fingerprint density at radius 3 is 1.34 bits per heavy atom. The van der Waals surface area contributed by atoms with Crippen molar-refractivity contribution in [3.63, 3.8) is 0 Å². The van der Waals surface area contributed by atoms with E-state index in [1.54, 1.807) is 0 Å². The molecule has 286 valence electrons. The number of carbonyl (C=O) groups excluding carboxylic acids is 2. The molecule has 1 atom stereocenters. The van der Waals surface area contributed by atoms with E-state index in [4.69, 9.17) is 20.0 Å². The van der Waals surface area contributed by atoms with Crippen LogP contribution < -0.4 is 20.4 Å². The van der Waals surface area contributed by atoms with Gasteiger partial charge in [0.25, 0.3) is 0 Å². The zero-order valence-corrected chi connectivity index (χ0v) is 32.3. The van der Waals surface area contributed by atoms with Gasteiger partial charge in [0.05, 0.1) is 22.8 Å². The lowest BCUT2D eigenvalue weighted by atomic mass is 9.90. The Labute approximate surface area is 342 Å². The Hall–Kier alpha value is -7.98. The van der Waals surface area contributed by atoms with Crippen LogP contribution in [-0.4, -0.2) is 35.0 Å². The van der Waals surface area contributed by atoms with Gasteiger partial charge in [0.15, 0.2) is 11.7 Å². The van der Waals surface area contributed by atoms with Gasteiger partial charge < -0.3 is 20.4 Å². The van der Waals surface area contributed by atoms with Gasteiger partial charge in [-0.15, -0.1) is 0 Å². The van der Waals surface area contributed by atoms with Gasteiger partial charge in [-0.1, -0.05) is 78.9 Å². The molecule has 2 N–H and O–H groups in total. The summed E-state index contributed by atoms with van der Waals surface area (Å²) in [6.07, 6.45) is 5.80. The Kier molecular flexibility index (Phi) is 9.86. The predicted octanol–water partition coefficient (Wildman–Crippen LogP) is 10.7. The van der Waals surface area contributed by atoms with E-state index in [1.165, 1.54) is 13.8 Å². The van der Waals surface area contributed by atoms with Crippen LogP contribution in [0.1, 0.15) is 25.0 Å². The molecule has 9 rings (SSSR count). The molecule has 10 nitrogen and oxygen atoms in total. The molecule has 0 saturated heterocycles. The van der Waals surface area contributed by atoms with Crippen LogP contribution in [0.15, 0.2) is 202 Å². The number of amides is 2. The van der Waals surface area contributed by atoms with Crippen molar-refractivity contribution in [1.82, 2.24) is 0 Å². The van der Waals surface area contributed by atoms with E-state index >= 15 is 0 Å². The van der Waals surface area contributed by atoms with Crippen LogP contribution in [0.5, 0.6) is 0 Å². The summed E-state index contributed by atoms with van der Waals surface area (Å²) < 4.78 is 0. The molecule has 2 heterocycles. The highest BCUT2D eigenvalue weighted by Crippen LogP contribution is 2.40. The molecule has 1 unspecified atom stereocenters. The fourth-order valence-electron chi connectivity index (χ4n) is 7.49. The zero-order valence-electron chi connectivity index (χ0n) is 32.3. The number of benzene rings is 6. The number of amidine groups is 3. The molecule has 0 radical (unpaired) electrons. The van der Waals surface area contributed by atoms with Crippen molar-refractivity contribution >= 4 is 80.5 Å². The summed E-state index contributed by atoms with van der Waals surface area (Å²) in [6, 6.07) is 52.0. The highest BCUT2D eigenvalue weighted by molar-refractivity contribution is 6.30. The lowest BCUT2D eigenvalue weighted by molar-refractivity contribution is -0.115. The fraction of sp³-hybridized carbons (Fsp3) is 0.0612. The summed E-state index contributed by atoms with van der Waals surface area (Å²) >= 11 is 0. The van der Waals surface area contributed by atoms with Gasteiger partial charge in [-0.2, -0.15) is 0 Å². The second kappa shape index (κ2) is 15.9. The number of nitrogens with one attached hydrogen (secondary N) is 2. The number of rotatable bonds is 10. The zero-order chi connectivity index (χ0) is 40.3. The van der Waals surface area contributed by atoms with E-state index in [0.717, 1.165) is 45.5 Å². The molecule has 6 aromatic carbocycles. The smallest absolute Gasteiger partial charge is 0.221 e. The first-order chi connectivity index (χ1) is 28.9. The predicted molar refractivity (Wildman–Crippen MR) is 240 cm³/mol. The molecule has 2 aliphatic heterocycles. The maximum atomic E-state index is 12.7. The standard InChI is InChI=1S/C49H38N8O2/c1-32(58)50-44-30-38(56(34-16-7-3-8-17-34)35-18-9-4-10-19-35)26-28-40(44)47-52-42-24-15-25-43-46(42)49(54-47)55-48(53-43)41-29-27-39(31-45(41)51-33(2)59)57(36-20-11-5-12-21-36)37-22-13-6-14-23-37/h3-31,46H,1-2H3,(H,50,58)(H,51,59). The summed E-state index contributed by atoms with van der Waals surface area (Å²) in [4.78, 5) is 49.9. The Morgan fingerprint density at radius 2 is 0.915 bits per heavy atom. The molecule has 3 aliphatic rings. The average molecular weight is 771 g/mol. The molecule has 6 aromatic rings. The van der Waals surface area contributed by atoms with Crippen molar-refractivity contribution in [3.05, 3.63) is 193 Å². The van der Waals surface area contributed by atoms with Crippen LogP contribution in [0.4, 0.5) is 45.5 Å². The van der Waals surface area contributed by atoms with E-state index in [0.29, 0.717) is 40.0 Å². The van der Waals surface area contributed by atoms with Crippen LogP contribution in [0, 0.1) is 5.92 Å². The number of hydrogen-bond acceptors (Lipinski definition) is 8. The van der Waals surface area contributed by atoms with Gasteiger partial charge in [-0.05, 0) is 97.1 Å². The molecule has 1 aliphatic carbocycles. The summed E-state index contributed by atoms with van der Waals surface area (Å²) in [5.41, 5.74) is 9.41. The topological polar surface area (TPSA) is 114 Å². The molecule has 10 heteroatoms. The van der Waals surface area contributed by atoms with Crippen molar-refractivity contribution in [2.45, 2.75) is 13.8 Å². The summed E-state index contributed by atoms with van der Waals surface area (Å²) in [6.45, 7) is 2.97. The van der Waals surface area contributed by atoms with Crippen LogP contribution in [0.25, 0.3) is 0 Å². The van der Waals surface area contributed by atoms with E-state index in [9.17, 15) is 9.59 Å². The molecule has 0 bridgehead atoms. The number of anilines is 8. The fourth-order valence-corrected chi connectivity index (χ4v) is 7.49. The van der Waals surface area contributed by atoms with Gasteiger partial charge in [-0.3, -0.25) is 9.59 Å². The van der Waals surface area contributed by atoms with Crippen LogP contribution in [0.2, 0.25) is 0 Å². The van der Waals surface area contributed by atoms with Gasteiger partial charge in [0.1, 0.15) is 11.8 Å². The van der Waals surface area contributed by atoms with Crippen molar-refractivity contribution in [3.8, 4) is 0 Å². The lowest BCUT2D eigenvalue weighted by Gasteiger charge is -2.29. The Balaban J connectivity index is 1.14. The molecule has 0 spiro atoms. The minimum absolute atomic E-state index is 0.226. The SMILES string of the molecule is CC(=O)Nc1cc(N(c2ccccc2)c2ccccc2)ccc1C1=NC2=CC=CC3=NC(c4ccc(N(c5ccccc5)c5ccccc5)cc4NC(C)=O)=NC(=N1)C23. The van der Waals surface area contributed by atoms with Crippen LogP contribution >= 0.6 is 0 Å². The minimum Gasteiger partial charge on any atom is -0.326 e. The van der Waals surface area contributed by atoms with Crippen LogP contribution in [0.3, 0.4) is 0 Å². The molecular weight excluding hydrogens is 733 g/mol. The molecule has 0 saturated carbocycles. The third-order valence-corrected chi connectivity index (χ3v) is 9.98. The normalized spacial score (nSPS) is 15.0. The lowest BCUT2D eigenvalue weighted by Crippen LogP contribution is -2.34. The first-order valence-corrected chi connectivity index (χ1v) is 19.3. The first-order valence-electron chi connectivity index (χ1n) is 19.3. The maximum Gasteiger partial charge on any atom is 0.221 e. The second-order valence-corrected chi connectivity index (χ2v) is 14.1. The summed E-state index contributed by atoms with van der Waals surface area (Å²) in [7, 11) is 0. The third kappa shape index (κ3) is 7.50. The van der Waals surface area contributed by atoms with Crippen molar-refractivity contribution < 1.29 is 9.59 Å². The van der Waals surface area contributed by atoms with Gasteiger partial charge >= 0.3 is 0 Å². The number of para-hydroxylation sites is 4. The number of hydrogen-bond donors (Lipinski definition) is 2. The summed E-state index contributed by atoms with van der Waals surface area (Å²) in [5.74, 6) is 0.486. The average Bonchev–Trinajstić information content (AvgIpc) is 3.25. The monoisotopic (exact) mass is 770 g/mol. The number of allylic oxidation sites excluding steroid dienone is 3. The molecule has 59 heavy (non-hydrogen) atoms. The van der Waals surface area contributed by atoms with Crippen LogP contribution in [-0.2, 0) is 9.59 Å². The number of aliphatic imine (C=N–C) groups is 4. The van der Waals surface area contributed by atoms with Crippen molar-refractivity contribution in [2.75, 3.05) is 20.4 Å². The van der Waals surface area contributed by atoms with E-state index in [1.807, 2.05) is 176 Å². The van der Waals surface area contributed by atoms with E-state index in [-0.39, 0.29) is 17.7 Å². The molecule has 2 amide bonds. The third-order valence-electron chi connectivity index (χ3n) is 9.98. The number of nitrogens with zero attached hydrogens (tertiary/aromatic N) is 6. The van der Waals surface area contributed by atoms with Gasteiger partial charge in [0, 0.05) is 59.1 Å². The molecule has 0 fully saturated rings. The van der Waals surface area contributed by atoms with Gasteiger partial charge in [-0.25, -0.2) is 20.0 Å². The highest BCUT2D eigenvalue weighted by Gasteiger charge is 2.35. The maximum absolute atomic E-state index is 12.7.